The Kier molecular flexibility index (Phi) is 9.59. The second kappa shape index (κ2) is 13.0. The van der Waals surface area contributed by atoms with Crippen LogP contribution < -0.4 is 33.7 Å². The molecule has 0 aliphatic carbocycles. The first-order valence-electron chi connectivity index (χ1n) is 11.4. The molecule has 0 amide bonds. The van der Waals surface area contributed by atoms with Crippen molar-refractivity contribution in [1.82, 2.24) is 0 Å². The molecular weight excluding hydrogens is 493 g/mol. The fraction of sp³-hybridized carbons (Fsp3) is 0.207. The number of methoxy groups -OCH3 is 6. The van der Waals surface area contributed by atoms with Gasteiger partial charge >= 0.3 is 0 Å². The van der Waals surface area contributed by atoms with Gasteiger partial charge in [-0.25, -0.2) is 4.39 Å². The highest BCUT2D eigenvalue weighted by molar-refractivity contribution is 6.05. The van der Waals surface area contributed by atoms with Crippen LogP contribution in [-0.2, 0) is 0 Å². The van der Waals surface area contributed by atoms with Gasteiger partial charge in [-0.05, 0) is 42.0 Å². The van der Waals surface area contributed by atoms with E-state index in [1.807, 2.05) is 0 Å². The first-order valence-corrected chi connectivity index (χ1v) is 11.4. The van der Waals surface area contributed by atoms with Crippen LogP contribution in [0.4, 0.5) is 10.1 Å². The summed E-state index contributed by atoms with van der Waals surface area (Å²) in [7, 11) is 8.98. The van der Waals surface area contributed by atoms with E-state index in [0.717, 1.165) is 5.56 Å². The van der Waals surface area contributed by atoms with Crippen LogP contribution in [0.5, 0.6) is 34.5 Å². The molecule has 0 fully saturated rings. The summed E-state index contributed by atoms with van der Waals surface area (Å²) in [6.07, 6.45) is 6.33. The summed E-state index contributed by atoms with van der Waals surface area (Å²) in [5, 5.41) is 3.04. The van der Waals surface area contributed by atoms with Gasteiger partial charge in [0, 0.05) is 35.2 Å². The van der Waals surface area contributed by atoms with Gasteiger partial charge in [-0.2, -0.15) is 0 Å². The minimum Gasteiger partial charge on any atom is -0.494 e. The fourth-order valence-corrected chi connectivity index (χ4v) is 3.66. The van der Waals surface area contributed by atoms with E-state index in [2.05, 4.69) is 5.32 Å². The normalized spacial score (nSPS) is 10.9. The number of benzene rings is 3. The van der Waals surface area contributed by atoms with E-state index in [1.165, 1.54) is 67.1 Å². The monoisotopic (exact) mass is 523 g/mol. The molecule has 0 unspecified atom stereocenters. The van der Waals surface area contributed by atoms with Crippen molar-refractivity contribution in [3.8, 4) is 34.5 Å². The first kappa shape index (κ1) is 27.9. The largest absolute Gasteiger partial charge is 0.494 e. The highest BCUT2D eigenvalue weighted by atomic mass is 19.1. The molecule has 0 saturated carbocycles. The van der Waals surface area contributed by atoms with Crippen LogP contribution in [0.1, 0.15) is 21.5 Å². The number of hydrogen-bond donors (Lipinski definition) is 1. The van der Waals surface area contributed by atoms with Gasteiger partial charge in [0.1, 0.15) is 0 Å². The van der Waals surface area contributed by atoms with Gasteiger partial charge in [-0.3, -0.25) is 4.79 Å². The van der Waals surface area contributed by atoms with Crippen LogP contribution in [0.25, 0.3) is 12.2 Å². The van der Waals surface area contributed by atoms with Crippen LogP contribution in [0.2, 0.25) is 0 Å². The number of ether oxygens (including phenoxy) is 6. The lowest BCUT2D eigenvalue weighted by atomic mass is 10.1. The smallest absolute Gasteiger partial charge is 0.203 e. The molecule has 1 N–H and O–H groups in total. The van der Waals surface area contributed by atoms with Gasteiger partial charge in [0.2, 0.25) is 5.75 Å². The lowest BCUT2D eigenvalue weighted by Crippen LogP contribution is -2.00. The van der Waals surface area contributed by atoms with Gasteiger partial charge in [0.15, 0.2) is 40.3 Å². The Labute approximate surface area is 221 Å². The Morgan fingerprint density at radius 2 is 1.34 bits per heavy atom. The van der Waals surface area contributed by atoms with Crippen molar-refractivity contribution in [1.29, 1.82) is 0 Å². The van der Waals surface area contributed by atoms with Crippen LogP contribution in [0, 0.1) is 5.82 Å². The van der Waals surface area contributed by atoms with E-state index >= 15 is 0 Å². The van der Waals surface area contributed by atoms with Crippen LogP contribution in [0.15, 0.2) is 54.7 Å². The van der Waals surface area contributed by atoms with Gasteiger partial charge < -0.3 is 33.7 Å². The number of hydrogen-bond acceptors (Lipinski definition) is 8. The molecule has 3 aromatic carbocycles. The van der Waals surface area contributed by atoms with Crippen LogP contribution >= 0.6 is 0 Å². The predicted molar refractivity (Wildman–Crippen MR) is 145 cm³/mol. The van der Waals surface area contributed by atoms with E-state index in [4.69, 9.17) is 28.4 Å². The molecule has 0 spiro atoms. The quantitative estimate of drug-likeness (QED) is 0.180. The maximum atomic E-state index is 14.6. The number of allylic oxidation sites excluding steroid dienone is 1. The lowest BCUT2D eigenvalue weighted by molar-refractivity contribution is 0.104. The third-order valence-electron chi connectivity index (χ3n) is 5.61. The Morgan fingerprint density at radius 3 is 1.92 bits per heavy atom. The number of nitrogens with one attached hydrogen (secondary N) is 1. The van der Waals surface area contributed by atoms with Crippen LogP contribution in [-0.4, -0.2) is 48.4 Å². The Morgan fingerprint density at radius 1 is 0.711 bits per heavy atom. The molecule has 0 aliphatic rings. The van der Waals surface area contributed by atoms with E-state index in [9.17, 15) is 9.18 Å². The number of carbonyl (C=O) groups excluding carboxylic acids is 1. The topological polar surface area (TPSA) is 84.5 Å². The summed E-state index contributed by atoms with van der Waals surface area (Å²) in [5.74, 6) is 1.67. The molecule has 0 heterocycles. The molecule has 38 heavy (non-hydrogen) atoms. The molecule has 3 aromatic rings. The maximum Gasteiger partial charge on any atom is 0.203 e. The molecule has 3 rings (SSSR count). The van der Waals surface area contributed by atoms with E-state index in [-0.39, 0.29) is 11.5 Å². The average Bonchev–Trinajstić information content (AvgIpc) is 2.95. The molecular formula is C29H30FNO7. The number of rotatable bonds is 12. The number of anilines is 1. The lowest BCUT2D eigenvalue weighted by Gasteiger charge is -2.13. The van der Waals surface area contributed by atoms with Crippen molar-refractivity contribution in [3.05, 3.63) is 77.2 Å². The SMILES string of the molecule is COc1cc(NC=CC(=O)c2ccc(OC)c(OC)c2)c(C=Cc2cc(OC)c(OC)c(OC)c2)cc1F. The van der Waals surface area contributed by atoms with Crippen LogP contribution in [0.3, 0.4) is 0 Å². The van der Waals surface area contributed by atoms with E-state index in [1.54, 1.807) is 42.5 Å². The van der Waals surface area contributed by atoms with Crippen molar-refractivity contribution < 1.29 is 37.6 Å². The molecule has 9 heteroatoms. The van der Waals surface area contributed by atoms with Crippen molar-refractivity contribution >= 4 is 23.6 Å². The molecule has 0 bridgehead atoms. The minimum atomic E-state index is -0.534. The van der Waals surface area contributed by atoms with E-state index < -0.39 is 5.82 Å². The molecule has 8 nitrogen and oxygen atoms in total. The average molecular weight is 524 g/mol. The molecule has 200 valence electrons. The zero-order chi connectivity index (χ0) is 27.7. The third-order valence-corrected chi connectivity index (χ3v) is 5.61. The molecule has 0 aliphatic heterocycles. The number of halogens is 1. The summed E-state index contributed by atoms with van der Waals surface area (Å²) >= 11 is 0. The van der Waals surface area contributed by atoms with Gasteiger partial charge in [-0.1, -0.05) is 12.2 Å². The van der Waals surface area contributed by atoms with Gasteiger partial charge in [-0.15, -0.1) is 0 Å². The molecule has 0 saturated heterocycles. The first-order chi connectivity index (χ1) is 18.4. The number of carbonyl (C=O) groups is 1. The van der Waals surface area contributed by atoms with E-state index in [0.29, 0.717) is 45.6 Å². The van der Waals surface area contributed by atoms with Crippen molar-refractivity contribution in [2.45, 2.75) is 0 Å². The van der Waals surface area contributed by atoms with Gasteiger partial charge in [0.05, 0.1) is 42.7 Å². The maximum absolute atomic E-state index is 14.6. The second-order valence-corrected chi connectivity index (χ2v) is 7.78. The second-order valence-electron chi connectivity index (χ2n) is 7.78. The summed E-state index contributed by atoms with van der Waals surface area (Å²) < 4.78 is 46.3. The zero-order valence-electron chi connectivity index (χ0n) is 22.1. The molecule has 0 atom stereocenters. The Hall–Kier alpha value is -4.66. The standard InChI is InChI=1S/C29H30FNO7/c1-33-24-10-9-20(16-26(24)35-3)23(32)11-12-31-22-17-25(34-2)21(30)15-19(22)8-7-18-13-27(36-4)29(38-6)28(14-18)37-5/h7-17,31H,1-6H3. The zero-order valence-corrected chi connectivity index (χ0v) is 22.1. The highest BCUT2D eigenvalue weighted by Gasteiger charge is 2.13. The minimum absolute atomic E-state index is 0.0528. The van der Waals surface area contributed by atoms with Gasteiger partial charge in [0.25, 0.3) is 0 Å². The number of ketones is 1. The Bertz CT molecular complexity index is 1330. The summed E-state index contributed by atoms with van der Waals surface area (Å²) in [5.41, 5.74) is 2.18. The van der Waals surface area contributed by atoms with Crippen molar-refractivity contribution in [2.24, 2.45) is 0 Å². The van der Waals surface area contributed by atoms with Crippen molar-refractivity contribution in [2.75, 3.05) is 48.0 Å². The molecule has 0 aromatic heterocycles. The fourth-order valence-electron chi connectivity index (χ4n) is 3.66. The summed E-state index contributed by atoms with van der Waals surface area (Å²) in [6.45, 7) is 0. The highest BCUT2D eigenvalue weighted by Crippen LogP contribution is 2.39. The summed E-state index contributed by atoms with van der Waals surface area (Å²) in [6, 6.07) is 11.3. The Balaban J connectivity index is 1.89. The molecule has 0 radical (unpaired) electrons. The summed E-state index contributed by atoms with van der Waals surface area (Å²) in [4.78, 5) is 12.7. The third kappa shape index (κ3) is 6.36. The predicted octanol–water partition coefficient (Wildman–Crippen LogP) is 5.86. The van der Waals surface area contributed by atoms with Crippen molar-refractivity contribution in [3.63, 3.8) is 0 Å².